The molecule has 8 heteroatoms. The van der Waals surface area contributed by atoms with Crippen molar-refractivity contribution in [2.24, 2.45) is 0 Å². The van der Waals surface area contributed by atoms with E-state index in [-0.39, 0.29) is 18.4 Å². The van der Waals surface area contributed by atoms with Crippen molar-refractivity contribution >= 4 is 39.8 Å². The van der Waals surface area contributed by atoms with E-state index in [1.807, 2.05) is 24.3 Å². The molecule has 3 heterocycles. The van der Waals surface area contributed by atoms with Crippen LogP contribution in [0.5, 0.6) is 0 Å². The zero-order valence-corrected chi connectivity index (χ0v) is 18.8. The molecule has 0 atom stereocenters. The highest BCUT2D eigenvalue weighted by atomic mass is 32.1. The lowest BCUT2D eigenvalue weighted by molar-refractivity contribution is -0.121. The molecular weight excluding hydrogens is 438 g/mol. The summed E-state index contributed by atoms with van der Waals surface area (Å²) in [5.74, 6) is -1.16. The predicted octanol–water partition coefficient (Wildman–Crippen LogP) is 4.02. The number of nitrogens with zero attached hydrogens (tertiary/aromatic N) is 2. The van der Waals surface area contributed by atoms with Gasteiger partial charge in [0, 0.05) is 29.5 Å². The van der Waals surface area contributed by atoms with E-state index in [4.69, 9.17) is 4.74 Å². The Morgan fingerprint density at radius 2 is 1.91 bits per heavy atom. The van der Waals surface area contributed by atoms with E-state index in [2.05, 4.69) is 10.3 Å². The van der Waals surface area contributed by atoms with Gasteiger partial charge in [0.1, 0.15) is 5.00 Å². The molecular formula is C25H23N3O4S. The number of pyridine rings is 1. The van der Waals surface area contributed by atoms with Crippen molar-refractivity contribution in [1.82, 2.24) is 4.98 Å². The van der Waals surface area contributed by atoms with Gasteiger partial charge >= 0.3 is 5.97 Å². The first kappa shape index (κ1) is 21.3. The second kappa shape index (κ2) is 9.15. The average molecular weight is 462 g/mol. The first-order chi connectivity index (χ1) is 16.1. The first-order valence-corrected chi connectivity index (χ1v) is 11.8. The molecule has 2 amide bonds. The minimum atomic E-state index is -0.572. The number of anilines is 2. The Kier molecular flexibility index (Phi) is 5.92. The van der Waals surface area contributed by atoms with Gasteiger partial charge in [-0.2, -0.15) is 0 Å². The molecule has 0 saturated heterocycles. The van der Waals surface area contributed by atoms with E-state index < -0.39 is 5.97 Å². The normalized spacial score (nSPS) is 14.4. The molecule has 3 aromatic rings. The van der Waals surface area contributed by atoms with Gasteiger partial charge in [0.15, 0.2) is 6.61 Å². The maximum absolute atomic E-state index is 13.1. The molecule has 5 rings (SSSR count). The number of ether oxygens (including phenoxy) is 1. The lowest BCUT2D eigenvalue weighted by atomic mass is 9.95. The van der Waals surface area contributed by atoms with Crippen LogP contribution in [0.4, 0.5) is 10.7 Å². The fourth-order valence-corrected chi connectivity index (χ4v) is 5.69. The summed E-state index contributed by atoms with van der Waals surface area (Å²) < 4.78 is 5.48. The highest BCUT2D eigenvalue weighted by Crippen LogP contribution is 2.39. The van der Waals surface area contributed by atoms with Gasteiger partial charge in [-0.15, -0.1) is 11.3 Å². The summed E-state index contributed by atoms with van der Waals surface area (Å²) in [4.78, 5) is 45.4. The predicted molar refractivity (Wildman–Crippen MR) is 126 cm³/mol. The van der Waals surface area contributed by atoms with Crippen LogP contribution in [0.3, 0.4) is 0 Å². The molecule has 0 unspecified atom stereocenters. The number of esters is 1. The molecule has 0 saturated carbocycles. The van der Waals surface area contributed by atoms with Crippen molar-refractivity contribution in [3.8, 4) is 0 Å². The zero-order valence-electron chi connectivity index (χ0n) is 18.0. The van der Waals surface area contributed by atoms with Crippen molar-refractivity contribution in [3.05, 3.63) is 75.9 Å². The van der Waals surface area contributed by atoms with Crippen molar-refractivity contribution < 1.29 is 19.1 Å². The summed E-state index contributed by atoms with van der Waals surface area (Å²) in [5, 5.41) is 3.34. The van der Waals surface area contributed by atoms with Gasteiger partial charge < -0.3 is 15.0 Å². The Morgan fingerprint density at radius 3 is 2.76 bits per heavy atom. The highest BCUT2D eigenvalue weighted by Gasteiger charge is 2.30. The number of amides is 2. The molecule has 1 aromatic carbocycles. The van der Waals surface area contributed by atoms with Crippen LogP contribution in [-0.2, 0) is 28.8 Å². The van der Waals surface area contributed by atoms with Crippen LogP contribution in [-0.4, -0.2) is 35.9 Å². The van der Waals surface area contributed by atoms with E-state index in [0.29, 0.717) is 22.7 Å². The number of hydrogen-bond acceptors (Lipinski definition) is 6. The number of thiophene rings is 1. The number of benzene rings is 1. The van der Waals surface area contributed by atoms with Crippen LogP contribution < -0.4 is 10.2 Å². The van der Waals surface area contributed by atoms with Gasteiger partial charge in [0.05, 0.1) is 11.1 Å². The van der Waals surface area contributed by atoms with Gasteiger partial charge in [-0.3, -0.25) is 14.6 Å². The molecule has 7 nitrogen and oxygen atoms in total. The van der Waals surface area contributed by atoms with Crippen molar-refractivity contribution in [2.75, 3.05) is 23.4 Å². The Morgan fingerprint density at radius 1 is 1.06 bits per heavy atom. The SMILES string of the molecule is O=C(Nc1sc2c(c1C(=O)OCC(=O)N1CCc3ccccc31)CCCC2)c1cccnc1. The molecule has 2 aromatic heterocycles. The molecule has 1 aliphatic carbocycles. The highest BCUT2D eigenvalue weighted by molar-refractivity contribution is 7.17. The average Bonchev–Trinajstić information content (AvgIpc) is 3.44. The van der Waals surface area contributed by atoms with E-state index in [1.54, 1.807) is 23.2 Å². The summed E-state index contributed by atoms with van der Waals surface area (Å²) in [7, 11) is 0. The van der Waals surface area contributed by atoms with Gasteiger partial charge in [-0.1, -0.05) is 18.2 Å². The van der Waals surface area contributed by atoms with Crippen LogP contribution in [0.1, 0.15) is 49.6 Å². The number of fused-ring (bicyclic) bond motifs is 2. The maximum Gasteiger partial charge on any atom is 0.341 e. The summed E-state index contributed by atoms with van der Waals surface area (Å²) >= 11 is 1.42. The number of para-hydroxylation sites is 1. The number of aryl methyl sites for hydroxylation is 1. The Bertz CT molecular complexity index is 1220. The second-order valence-corrected chi connectivity index (χ2v) is 9.22. The molecule has 0 fully saturated rings. The molecule has 0 spiro atoms. The fourth-order valence-electron chi connectivity index (χ4n) is 4.42. The van der Waals surface area contributed by atoms with Gasteiger partial charge in [0.25, 0.3) is 11.8 Å². The third-order valence-corrected chi connectivity index (χ3v) is 7.25. The monoisotopic (exact) mass is 461 g/mol. The van der Waals surface area contributed by atoms with Crippen LogP contribution in [0.15, 0.2) is 48.8 Å². The maximum atomic E-state index is 13.1. The van der Waals surface area contributed by atoms with Crippen LogP contribution in [0.2, 0.25) is 0 Å². The van der Waals surface area contributed by atoms with Crippen LogP contribution in [0, 0.1) is 0 Å². The largest absolute Gasteiger partial charge is 0.452 e. The number of aromatic nitrogens is 1. The Balaban J connectivity index is 1.33. The number of hydrogen-bond donors (Lipinski definition) is 1. The Labute approximate surface area is 195 Å². The number of carbonyl (C=O) groups excluding carboxylic acids is 3. The lowest BCUT2D eigenvalue weighted by Gasteiger charge is -2.17. The van der Waals surface area contributed by atoms with Gasteiger partial charge in [0.2, 0.25) is 0 Å². The van der Waals surface area contributed by atoms with E-state index in [0.717, 1.165) is 53.8 Å². The first-order valence-electron chi connectivity index (χ1n) is 11.0. The quantitative estimate of drug-likeness (QED) is 0.580. The Hall–Kier alpha value is -3.52. The minimum absolute atomic E-state index is 0.252. The third kappa shape index (κ3) is 4.26. The lowest BCUT2D eigenvalue weighted by Crippen LogP contribution is -2.33. The summed E-state index contributed by atoms with van der Waals surface area (Å²) in [6.45, 7) is 0.240. The summed E-state index contributed by atoms with van der Waals surface area (Å²) in [5.41, 5.74) is 3.70. The molecule has 2 aliphatic rings. The fraction of sp³-hybridized carbons (Fsp3) is 0.280. The third-order valence-electron chi connectivity index (χ3n) is 6.04. The molecule has 168 valence electrons. The molecule has 0 radical (unpaired) electrons. The number of rotatable bonds is 5. The van der Waals surface area contributed by atoms with Crippen LogP contribution in [0.25, 0.3) is 0 Å². The minimum Gasteiger partial charge on any atom is -0.452 e. The topological polar surface area (TPSA) is 88.6 Å². The number of carbonyl (C=O) groups is 3. The smallest absolute Gasteiger partial charge is 0.341 e. The van der Waals surface area contributed by atoms with E-state index in [1.165, 1.54) is 17.5 Å². The summed E-state index contributed by atoms with van der Waals surface area (Å²) in [6.07, 6.45) is 7.51. The molecule has 1 aliphatic heterocycles. The van der Waals surface area contributed by atoms with E-state index in [9.17, 15) is 14.4 Å². The molecule has 0 bridgehead atoms. The summed E-state index contributed by atoms with van der Waals surface area (Å²) in [6, 6.07) is 11.1. The van der Waals surface area contributed by atoms with Crippen molar-refractivity contribution in [1.29, 1.82) is 0 Å². The van der Waals surface area contributed by atoms with Crippen molar-refractivity contribution in [3.63, 3.8) is 0 Å². The zero-order chi connectivity index (χ0) is 22.8. The van der Waals surface area contributed by atoms with Gasteiger partial charge in [-0.25, -0.2) is 4.79 Å². The molecule has 33 heavy (non-hydrogen) atoms. The number of nitrogens with one attached hydrogen (secondary N) is 1. The standard InChI is InChI=1S/C25H23N3O4S/c29-21(28-13-11-16-6-1-3-9-19(16)28)15-32-25(31)22-18-8-2-4-10-20(18)33-24(22)27-23(30)17-7-5-12-26-14-17/h1,3,5-7,9,12,14H,2,4,8,10-11,13,15H2,(H,27,30). The molecule has 1 N–H and O–H groups in total. The van der Waals surface area contributed by atoms with Crippen LogP contribution >= 0.6 is 11.3 Å². The second-order valence-electron chi connectivity index (χ2n) is 8.11. The van der Waals surface area contributed by atoms with E-state index >= 15 is 0 Å². The van der Waals surface area contributed by atoms with Crippen molar-refractivity contribution in [2.45, 2.75) is 32.1 Å². The van der Waals surface area contributed by atoms with Gasteiger partial charge in [-0.05, 0) is 61.4 Å².